The summed E-state index contributed by atoms with van der Waals surface area (Å²) in [7, 11) is 0. The molecule has 0 saturated heterocycles. The summed E-state index contributed by atoms with van der Waals surface area (Å²) in [5.41, 5.74) is 0.195. The molecule has 0 spiro atoms. The standard InChI is InChI=1S/C14H28O3/c1-14(2,3)11-12(15)9-7-5-4-6-8-10-13(16)17/h12,15H,4-11H2,1-3H3,(H,16,17). The van der Waals surface area contributed by atoms with Crippen molar-refractivity contribution in [2.45, 2.75) is 78.2 Å². The highest BCUT2D eigenvalue weighted by molar-refractivity contribution is 5.66. The topological polar surface area (TPSA) is 57.5 Å². The third kappa shape index (κ3) is 13.4. The van der Waals surface area contributed by atoms with Crippen LogP contribution in [-0.4, -0.2) is 22.3 Å². The summed E-state index contributed by atoms with van der Waals surface area (Å²) in [6.45, 7) is 6.42. The predicted octanol–water partition coefficient (Wildman–Crippen LogP) is 3.60. The van der Waals surface area contributed by atoms with Gasteiger partial charge in [-0.15, -0.1) is 0 Å². The van der Waals surface area contributed by atoms with Gasteiger partial charge >= 0.3 is 5.97 Å². The molecule has 2 N–H and O–H groups in total. The highest BCUT2D eigenvalue weighted by Gasteiger charge is 2.15. The van der Waals surface area contributed by atoms with E-state index in [4.69, 9.17) is 5.11 Å². The Kier molecular flexibility index (Phi) is 8.23. The highest BCUT2D eigenvalue weighted by Crippen LogP contribution is 2.23. The number of unbranched alkanes of at least 4 members (excludes halogenated alkanes) is 4. The van der Waals surface area contributed by atoms with Crippen molar-refractivity contribution in [3.63, 3.8) is 0 Å². The fourth-order valence-corrected chi connectivity index (χ4v) is 2.00. The van der Waals surface area contributed by atoms with Gasteiger partial charge in [0, 0.05) is 6.42 Å². The van der Waals surface area contributed by atoms with Crippen LogP contribution in [0.15, 0.2) is 0 Å². The second-order valence-corrected chi connectivity index (χ2v) is 6.12. The monoisotopic (exact) mass is 244 g/mol. The summed E-state index contributed by atoms with van der Waals surface area (Å²) in [5.74, 6) is -0.703. The average Bonchev–Trinajstić information content (AvgIpc) is 2.12. The maximum atomic E-state index is 10.3. The van der Waals surface area contributed by atoms with Crippen LogP contribution >= 0.6 is 0 Å². The minimum absolute atomic E-state index is 0.186. The second-order valence-electron chi connectivity index (χ2n) is 6.12. The molecule has 0 aliphatic rings. The minimum atomic E-state index is -0.703. The van der Waals surface area contributed by atoms with Crippen molar-refractivity contribution in [1.82, 2.24) is 0 Å². The first kappa shape index (κ1) is 16.4. The molecule has 3 heteroatoms. The zero-order chi connectivity index (χ0) is 13.3. The van der Waals surface area contributed by atoms with Gasteiger partial charge in [-0.25, -0.2) is 0 Å². The summed E-state index contributed by atoms with van der Waals surface area (Å²) in [6.07, 6.45) is 6.81. The smallest absolute Gasteiger partial charge is 0.303 e. The first-order chi connectivity index (χ1) is 7.81. The summed E-state index contributed by atoms with van der Waals surface area (Å²) in [4.78, 5) is 10.3. The molecule has 0 amide bonds. The number of carbonyl (C=O) groups is 1. The number of hydrogen-bond donors (Lipinski definition) is 2. The fourth-order valence-electron chi connectivity index (χ4n) is 2.00. The number of hydrogen-bond acceptors (Lipinski definition) is 2. The summed E-state index contributed by atoms with van der Waals surface area (Å²) in [5, 5.41) is 18.2. The molecule has 3 nitrogen and oxygen atoms in total. The molecule has 17 heavy (non-hydrogen) atoms. The van der Waals surface area contributed by atoms with E-state index in [1.165, 1.54) is 0 Å². The van der Waals surface area contributed by atoms with Crippen LogP contribution < -0.4 is 0 Å². The Hall–Kier alpha value is -0.570. The fraction of sp³-hybridized carbons (Fsp3) is 0.929. The van der Waals surface area contributed by atoms with Crippen LogP contribution in [-0.2, 0) is 4.79 Å². The van der Waals surface area contributed by atoms with E-state index in [-0.39, 0.29) is 17.9 Å². The molecule has 1 atom stereocenters. The Morgan fingerprint density at radius 1 is 1.06 bits per heavy atom. The van der Waals surface area contributed by atoms with Crippen LogP contribution in [0.2, 0.25) is 0 Å². The van der Waals surface area contributed by atoms with E-state index >= 15 is 0 Å². The maximum absolute atomic E-state index is 10.3. The number of aliphatic carboxylic acids is 1. The van der Waals surface area contributed by atoms with Gasteiger partial charge in [-0.2, -0.15) is 0 Å². The number of rotatable bonds is 9. The van der Waals surface area contributed by atoms with Gasteiger partial charge < -0.3 is 10.2 Å². The molecule has 0 fully saturated rings. The van der Waals surface area contributed by atoms with Crippen LogP contribution in [0.1, 0.15) is 72.1 Å². The van der Waals surface area contributed by atoms with Gasteiger partial charge in [0.2, 0.25) is 0 Å². The Bertz CT molecular complexity index is 206. The Labute approximate surface area is 105 Å². The molecule has 0 saturated carbocycles. The Morgan fingerprint density at radius 3 is 2.12 bits per heavy atom. The van der Waals surface area contributed by atoms with Crippen LogP contribution in [0.4, 0.5) is 0 Å². The molecular formula is C14H28O3. The van der Waals surface area contributed by atoms with Gasteiger partial charge in [0.25, 0.3) is 0 Å². The molecule has 0 bridgehead atoms. The van der Waals surface area contributed by atoms with Crippen LogP contribution in [0.5, 0.6) is 0 Å². The third-order valence-corrected chi connectivity index (χ3v) is 2.78. The average molecular weight is 244 g/mol. The number of aliphatic hydroxyl groups is 1. The molecule has 1 unspecified atom stereocenters. The normalized spacial score (nSPS) is 13.6. The Balaban J connectivity index is 3.31. The van der Waals surface area contributed by atoms with Gasteiger partial charge in [0.1, 0.15) is 0 Å². The van der Waals surface area contributed by atoms with Crippen molar-refractivity contribution in [3.8, 4) is 0 Å². The molecule has 0 aromatic carbocycles. The molecule has 0 aliphatic carbocycles. The van der Waals surface area contributed by atoms with E-state index in [0.717, 1.165) is 44.9 Å². The van der Waals surface area contributed by atoms with Crippen molar-refractivity contribution < 1.29 is 15.0 Å². The summed E-state index contributed by atoms with van der Waals surface area (Å²) in [6, 6.07) is 0. The van der Waals surface area contributed by atoms with E-state index in [9.17, 15) is 9.90 Å². The zero-order valence-corrected chi connectivity index (χ0v) is 11.5. The van der Waals surface area contributed by atoms with Gasteiger partial charge in [-0.1, -0.05) is 46.5 Å². The van der Waals surface area contributed by atoms with E-state index in [1.54, 1.807) is 0 Å². The van der Waals surface area contributed by atoms with Crippen LogP contribution in [0.3, 0.4) is 0 Å². The highest BCUT2D eigenvalue weighted by atomic mass is 16.4. The van der Waals surface area contributed by atoms with Crippen molar-refractivity contribution in [1.29, 1.82) is 0 Å². The number of aliphatic hydroxyl groups excluding tert-OH is 1. The van der Waals surface area contributed by atoms with Gasteiger partial charge in [0.05, 0.1) is 6.10 Å². The van der Waals surface area contributed by atoms with Crippen LogP contribution in [0.25, 0.3) is 0 Å². The number of carboxylic acids is 1. The lowest BCUT2D eigenvalue weighted by atomic mass is 9.87. The lowest BCUT2D eigenvalue weighted by molar-refractivity contribution is -0.137. The van der Waals surface area contributed by atoms with Crippen LogP contribution in [0, 0.1) is 5.41 Å². The lowest BCUT2D eigenvalue weighted by Crippen LogP contribution is -2.17. The summed E-state index contributed by atoms with van der Waals surface area (Å²) < 4.78 is 0. The molecule has 0 aromatic rings. The Morgan fingerprint density at radius 2 is 1.59 bits per heavy atom. The van der Waals surface area contributed by atoms with Crippen molar-refractivity contribution in [2.24, 2.45) is 5.41 Å². The summed E-state index contributed by atoms with van der Waals surface area (Å²) >= 11 is 0. The minimum Gasteiger partial charge on any atom is -0.481 e. The molecule has 0 radical (unpaired) electrons. The SMILES string of the molecule is CC(C)(C)CC(O)CCCCCCCC(=O)O. The largest absolute Gasteiger partial charge is 0.481 e. The van der Waals surface area contributed by atoms with E-state index in [1.807, 2.05) is 0 Å². The molecule has 0 rings (SSSR count). The first-order valence-corrected chi connectivity index (χ1v) is 6.71. The quantitative estimate of drug-likeness (QED) is 0.609. The van der Waals surface area contributed by atoms with E-state index < -0.39 is 5.97 Å². The number of carboxylic acid groups (broad SMARTS) is 1. The molecule has 0 heterocycles. The van der Waals surface area contributed by atoms with Crippen molar-refractivity contribution in [2.75, 3.05) is 0 Å². The molecule has 0 aliphatic heterocycles. The molecule has 0 aromatic heterocycles. The van der Waals surface area contributed by atoms with Crippen molar-refractivity contribution >= 4 is 5.97 Å². The molecule has 102 valence electrons. The maximum Gasteiger partial charge on any atom is 0.303 e. The third-order valence-electron chi connectivity index (χ3n) is 2.78. The van der Waals surface area contributed by atoms with E-state index in [2.05, 4.69) is 20.8 Å². The van der Waals surface area contributed by atoms with E-state index in [0.29, 0.717) is 0 Å². The predicted molar refractivity (Wildman–Crippen MR) is 70.0 cm³/mol. The van der Waals surface area contributed by atoms with Gasteiger partial charge in [0.15, 0.2) is 0 Å². The van der Waals surface area contributed by atoms with Gasteiger partial charge in [-0.05, 0) is 24.7 Å². The van der Waals surface area contributed by atoms with Crippen molar-refractivity contribution in [3.05, 3.63) is 0 Å². The zero-order valence-electron chi connectivity index (χ0n) is 11.5. The first-order valence-electron chi connectivity index (χ1n) is 6.71. The lowest BCUT2D eigenvalue weighted by Gasteiger charge is -2.22. The van der Waals surface area contributed by atoms with Gasteiger partial charge in [-0.3, -0.25) is 4.79 Å². The molecular weight excluding hydrogens is 216 g/mol. The second kappa shape index (κ2) is 8.51.